The summed E-state index contributed by atoms with van der Waals surface area (Å²) in [6.07, 6.45) is -0.268. The summed E-state index contributed by atoms with van der Waals surface area (Å²) in [6.45, 7) is 0. The first kappa shape index (κ1) is 20.7. The van der Waals surface area contributed by atoms with E-state index in [-0.39, 0.29) is 24.1 Å². The predicted molar refractivity (Wildman–Crippen MR) is 130 cm³/mol. The second-order valence-electron chi connectivity index (χ2n) is 7.65. The van der Waals surface area contributed by atoms with Crippen LogP contribution in [0.15, 0.2) is 84.9 Å². The molecule has 1 aliphatic rings. The van der Waals surface area contributed by atoms with E-state index < -0.39 is 0 Å². The number of amides is 3. The van der Waals surface area contributed by atoms with Gasteiger partial charge in [-0.15, -0.1) is 0 Å². The number of nitrogens with zero attached hydrogens (tertiary/aromatic N) is 1. The maximum absolute atomic E-state index is 13.0. The van der Waals surface area contributed by atoms with Gasteiger partial charge in [0.25, 0.3) is 5.91 Å². The Morgan fingerprint density at radius 3 is 2.48 bits per heavy atom. The normalized spacial score (nSPS) is 13.3. The lowest BCUT2D eigenvalue weighted by Gasteiger charge is -2.23. The molecule has 6 nitrogen and oxygen atoms in total. The Morgan fingerprint density at radius 2 is 1.70 bits per heavy atom. The number of hydrogen-bond donors (Lipinski definition) is 2. The molecule has 0 saturated heterocycles. The van der Waals surface area contributed by atoms with Crippen LogP contribution in [0.3, 0.4) is 0 Å². The first-order valence-corrected chi connectivity index (χ1v) is 10.7. The smallest absolute Gasteiger partial charge is 0.255 e. The number of rotatable bonds is 3. The van der Waals surface area contributed by atoms with Crippen LogP contribution in [-0.2, 0) is 9.59 Å². The van der Waals surface area contributed by atoms with Crippen molar-refractivity contribution in [3.63, 3.8) is 0 Å². The average molecular weight is 456 g/mol. The molecule has 4 aromatic rings. The van der Waals surface area contributed by atoms with Crippen molar-refractivity contribution in [2.75, 3.05) is 15.5 Å². The Balaban J connectivity index is 1.49. The molecule has 0 aliphatic carbocycles. The van der Waals surface area contributed by atoms with Crippen molar-refractivity contribution in [3.05, 3.63) is 95.5 Å². The SMILES string of the molecule is O=C1CC(=O)N(c2ccc(NC(=O)c3cccc(Cl)c3)cc2)c2ccc3ccccc3c2N1. The zero-order valence-electron chi connectivity index (χ0n) is 17.3. The molecule has 162 valence electrons. The fourth-order valence-corrected chi connectivity index (χ4v) is 4.11. The number of carbonyl (C=O) groups is 3. The van der Waals surface area contributed by atoms with Gasteiger partial charge in [0.05, 0.1) is 11.4 Å². The molecule has 5 rings (SSSR count). The van der Waals surface area contributed by atoms with Crippen LogP contribution >= 0.6 is 11.6 Å². The van der Waals surface area contributed by atoms with Crippen LogP contribution < -0.4 is 15.5 Å². The van der Waals surface area contributed by atoms with Gasteiger partial charge in [-0.25, -0.2) is 0 Å². The van der Waals surface area contributed by atoms with E-state index in [0.717, 1.165) is 10.8 Å². The Kier molecular flexibility index (Phi) is 5.28. The Hall–Kier alpha value is -4.16. The highest BCUT2D eigenvalue weighted by Crippen LogP contribution is 2.40. The summed E-state index contributed by atoms with van der Waals surface area (Å²) in [6, 6.07) is 25.0. The Morgan fingerprint density at radius 1 is 0.909 bits per heavy atom. The fourth-order valence-electron chi connectivity index (χ4n) is 3.92. The first-order chi connectivity index (χ1) is 16.0. The summed E-state index contributed by atoms with van der Waals surface area (Å²) < 4.78 is 0. The van der Waals surface area contributed by atoms with Crippen LogP contribution in [0.4, 0.5) is 22.7 Å². The molecule has 0 radical (unpaired) electrons. The van der Waals surface area contributed by atoms with Gasteiger partial charge in [0.1, 0.15) is 6.42 Å². The summed E-state index contributed by atoms with van der Waals surface area (Å²) in [5, 5.41) is 8.01. The van der Waals surface area contributed by atoms with E-state index in [1.165, 1.54) is 4.90 Å². The molecule has 2 N–H and O–H groups in total. The van der Waals surface area contributed by atoms with Crippen LogP contribution in [-0.4, -0.2) is 17.7 Å². The number of benzene rings is 4. The highest BCUT2D eigenvalue weighted by atomic mass is 35.5. The van der Waals surface area contributed by atoms with E-state index in [4.69, 9.17) is 11.6 Å². The van der Waals surface area contributed by atoms with E-state index in [2.05, 4.69) is 10.6 Å². The molecule has 33 heavy (non-hydrogen) atoms. The second-order valence-corrected chi connectivity index (χ2v) is 8.08. The lowest BCUT2D eigenvalue weighted by atomic mass is 10.1. The molecule has 1 aliphatic heterocycles. The van der Waals surface area contributed by atoms with Crippen molar-refractivity contribution in [2.24, 2.45) is 0 Å². The van der Waals surface area contributed by atoms with E-state index in [0.29, 0.717) is 33.3 Å². The van der Waals surface area contributed by atoms with Gasteiger partial charge in [0, 0.05) is 27.3 Å². The third-order valence-corrected chi connectivity index (χ3v) is 5.68. The summed E-state index contributed by atoms with van der Waals surface area (Å²) in [7, 11) is 0. The van der Waals surface area contributed by atoms with Gasteiger partial charge in [-0.3, -0.25) is 19.3 Å². The van der Waals surface area contributed by atoms with Gasteiger partial charge in [0.15, 0.2) is 0 Å². The van der Waals surface area contributed by atoms with E-state index in [1.807, 2.05) is 36.4 Å². The van der Waals surface area contributed by atoms with Crippen molar-refractivity contribution >= 4 is 62.8 Å². The Labute approximate surface area is 194 Å². The third kappa shape index (κ3) is 4.04. The van der Waals surface area contributed by atoms with Crippen molar-refractivity contribution in [3.8, 4) is 0 Å². The predicted octanol–water partition coefficient (Wildman–Crippen LogP) is 5.75. The van der Waals surface area contributed by atoms with Crippen molar-refractivity contribution < 1.29 is 14.4 Å². The molecule has 0 atom stereocenters. The topological polar surface area (TPSA) is 78.5 Å². The minimum atomic E-state index is -0.356. The number of hydrogen-bond acceptors (Lipinski definition) is 3. The molecule has 0 bridgehead atoms. The standard InChI is InChI=1S/C26H18ClN3O3/c27-18-6-3-5-17(14-18)26(33)28-19-9-11-20(12-10-19)30-22-13-8-16-4-1-2-7-21(16)25(22)29-23(31)15-24(30)32/h1-14H,15H2,(H,28,33)(H,29,31). The van der Waals surface area contributed by atoms with Crippen molar-refractivity contribution in [1.29, 1.82) is 0 Å². The summed E-state index contributed by atoms with van der Waals surface area (Å²) in [5.74, 6) is -0.981. The van der Waals surface area contributed by atoms with Crippen molar-refractivity contribution in [2.45, 2.75) is 6.42 Å². The third-order valence-electron chi connectivity index (χ3n) is 5.44. The molecule has 0 aromatic heterocycles. The minimum absolute atomic E-state index is 0.268. The molecule has 0 saturated carbocycles. The molecule has 7 heteroatoms. The number of fused-ring (bicyclic) bond motifs is 3. The number of anilines is 4. The molecule has 4 aromatic carbocycles. The Bertz CT molecular complexity index is 1420. The highest BCUT2D eigenvalue weighted by molar-refractivity contribution is 6.31. The van der Waals surface area contributed by atoms with Gasteiger partial charge in [-0.05, 0) is 53.9 Å². The number of carbonyl (C=O) groups excluding carboxylic acids is 3. The molecule has 0 fully saturated rings. The molecular formula is C26H18ClN3O3. The fraction of sp³-hybridized carbons (Fsp3) is 0.0385. The van der Waals surface area contributed by atoms with E-state index in [9.17, 15) is 14.4 Å². The summed E-state index contributed by atoms with van der Waals surface area (Å²) in [5.41, 5.74) is 2.80. The van der Waals surface area contributed by atoms with Gasteiger partial charge in [-0.2, -0.15) is 0 Å². The minimum Gasteiger partial charge on any atom is -0.323 e. The molecule has 0 spiro atoms. The monoisotopic (exact) mass is 455 g/mol. The van der Waals surface area contributed by atoms with E-state index in [1.54, 1.807) is 48.5 Å². The average Bonchev–Trinajstić information content (AvgIpc) is 2.94. The second kappa shape index (κ2) is 8.41. The van der Waals surface area contributed by atoms with Crippen LogP contribution in [0.1, 0.15) is 16.8 Å². The molecule has 3 amide bonds. The number of halogens is 1. The summed E-state index contributed by atoms with van der Waals surface area (Å²) in [4.78, 5) is 39.4. The van der Waals surface area contributed by atoms with Gasteiger partial charge in [-0.1, -0.05) is 48.0 Å². The number of nitrogens with one attached hydrogen (secondary N) is 2. The maximum Gasteiger partial charge on any atom is 0.255 e. The zero-order valence-corrected chi connectivity index (χ0v) is 18.1. The molecule has 1 heterocycles. The maximum atomic E-state index is 13.0. The van der Waals surface area contributed by atoms with Gasteiger partial charge in [0.2, 0.25) is 11.8 Å². The molecular weight excluding hydrogens is 438 g/mol. The van der Waals surface area contributed by atoms with Crippen LogP contribution in [0, 0.1) is 0 Å². The van der Waals surface area contributed by atoms with Gasteiger partial charge >= 0.3 is 0 Å². The van der Waals surface area contributed by atoms with Crippen LogP contribution in [0.5, 0.6) is 0 Å². The molecule has 0 unspecified atom stereocenters. The zero-order chi connectivity index (χ0) is 22.9. The first-order valence-electron chi connectivity index (χ1n) is 10.3. The quantitative estimate of drug-likeness (QED) is 0.386. The van der Waals surface area contributed by atoms with Gasteiger partial charge < -0.3 is 10.6 Å². The lowest BCUT2D eigenvalue weighted by Crippen LogP contribution is -2.26. The van der Waals surface area contributed by atoms with Crippen molar-refractivity contribution in [1.82, 2.24) is 0 Å². The lowest BCUT2D eigenvalue weighted by molar-refractivity contribution is -0.124. The van der Waals surface area contributed by atoms with Crippen LogP contribution in [0.25, 0.3) is 10.8 Å². The van der Waals surface area contributed by atoms with E-state index >= 15 is 0 Å². The largest absolute Gasteiger partial charge is 0.323 e. The van der Waals surface area contributed by atoms with Crippen LogP contribution in [0.2, 0.25) is 5.02 Å². The summed E-state index contributed by atoms with van der Waals surface area (Å²) >= 11 is 5.97. The highest BCUT2D eigenvalue weighted by Gasteiger charge is 2.28.